The lowest BCUT2D eigenvalue weighted by Crippen LogP contribution is -2.26. The minimum atomic E-state index is -3.72. The molecule has 0 aliphatic heterocycles. The van der Waals surface area contributed by atoms with Crippen molar-refractivity contribution in [1.82, 2.24) is 9.29 Å². The van der Waals surface area contributed by atoms with Gasteiger partial charge >= 0.3 is 5.97 Å². The molecule has 1 heterocycles. The predicted octanol–water partition coefficient (Wildman–Crippen LogP) is 4.87. The quantitative estimate of drug-likeness (QED) is 0.390. The molecule has 0 aliphatic carbocycles. The third-order valence-electron chi connectivity index (χ3n) is 5.66. The molecule has 0 saturated carbocycles. The summed E-state index contributed by atoms with van der Waals surface area (Å²) in [5.74, 6) is -0.470. The van der Waals surface area contributed by atoms with E-state index in [1.54, 1.807) is 30.7 Å². The third-order valence-corrected chi connectivity index (χ3v) is 7.62. The molecule has 0 amide bonds. The number of esters is 1. The number of sulfonamides is 1. The fourth-order valence-corrected chi connectivity index (χ4v) is 5.56. The number of nitriles is 1. The molecule has 0 bridgehead atoms. The van der Waals surface area contributed by atoms with Gasteiger partial charge in [0.15, 0.2) is 0 Å². The van der Waals surface area contributed by atoms with Gasteiger partial charge in [0.25, 0.3) is 0 Å². The molecule has 0 unspecified atom stereocenters. The lowest BCUT2D eigenvalue weighted by atomic mass is 9.98. The number of carbonyl (C=O) groups is 1. The molecule has 0 aliphatic rings. The Hall–Kier alpha value is -3.12. The highest BCUT2D eigenvalue weighted by atomic mass is 35.5. The molecule has 0 saturated heterocycles. The van der Waals surface area contributed by atoms with Gasteiger partial charge in [-0.05, 0) is 43.0 Å². The Morgan fingerprint density at radius 2 is 1.80 bits per heavy atom. The summed E-state index contributed by atoms with van der Waals surface area (Å²) in [5, 5.41) is 10.1. The smallest absolute Gasteiger partial charge is 0.355 e. The molecule has 7 nitrogen and oxygen atoms in total. The zero-order chi connectivity index (χ0) is 25.6. The van der Waals surface area contributed by atoms with Gasteiger partial charge in [0, 0.05) is 24.8 Å². The van der Waals surface area contributed by atoms with Crippen LogP contribution in [0.15, 0.2) is 53.4 Å². The van der Waals surface area contributed by atoms with Crippen molar-refractivity contribution in [2.24, 2.45) is 7.05 Å². The molecular weight excluding hydrogens is 486 g/mol. The van der Waals surface area contributed by atoms with Gasteiger partial charge in [0.05, 0.1) is 17.2 Å². The van der Waals surface area contributed by atoms with E-state index < -0.39 is 16.0 Å². The third kappa shape index (κ3) is 5.76. The predicted molar refractivity (Wildman–Crippen MR) is 136 cm³/mol. The molecule has 0 atom stereocenters. The van der Waals surface area contributed by atoms with E-state index >= 15 is 0 Å². The van der Waals surface area contributed by atoms with Crippen LogP contribution in [0.1, 0.15) is 47.6 Å². The highest BCUT2D eigenvalue weighted by Gasteiger charge is 2.27. The average Bonchev–Trinajstić information content (AvgIpc) is 3.11. The van der Waals surface area contributed by atoms with E-state index in [2.05, 4.69) is 10.8 Å². The maximum absolute atomic E-state index is 12.8. The summed E-state index contributed by atoms with van der Waals surface area (Å²) >= 11 is 6.02. The number of ether oxygens (including phenoxy) is 1. The van der Waals surface area contributed by atoms with Crippen LogP contribution in [-0.4, -0.2) is 32.1 Å². The molecule has 0 fully saturated rings. The maximum atomic E-state index is 12.8. The minimum Gasteiger partial charge on any atom is -0.461 e. The summed E-state index contributed by atoms with van der Waals surface area (Å²) in [4.78, 5) is 12.8. The van der Waals surface area contributed by atoms with Crippen molar-refractivity contribution in [1.29, 1.82) is 5.26 Å². The second kappa shape index (κ2) is 11.5. The van der Waals surface area contributed by atoms with Crippen LogP contribution in [0.3, 0.4) is 0 Å². The van der Waals surface area contributed by atoms with Gasteiger partial charge in [-0.25, -0.2) is 17.9 Å². The van der Waals surface area contributed by atoms with Crippen molar-refractivity contribution in [2.45, 2.75) is 38.0 Å². The van der Waals surface area contributed by atoms with Gasteiger partial charge < -0.3 is 9.30 Å². The van der Waals surface area contributed by atoms with Crippen LogP contribution >= 0.6 is 11.6 Å². The first-order valence-electron chi connectivity index (χ1n) is 11.4. The molecule has 0 radical (unpaired) electrons. The van der Waals surface area contributed by atoms with Crippen LogP contribution in [0.2, 0.25) is 5.02 Å². The number of rotatable bonds is 10. The summed E-state index contributed by atoms with van der Waals surface area (Å²) in [6.45, 7) is 4.19. The number of hydrogen-bond acceptors (Lipinski definition) is 5. The van der Waals surface area contributed by atoms with E-state index in [4.69, 9.17) is 16.3 Å². The van der Waals surface area contributed by atoms with E-state index in [0.29, 0.717) is 29.7 Å². The molecule has 184 valence electrons. The SMILES string of the molecule is CCCc1c(C#N)c(-c2ccc(CCNS(=O)(=O)c3ccccc3Cl)cc2)c(C(=O)OCC)n1C. The van der Waals surface area contributed by atoms with Crippen molar-refractivity contribution in [2.75, 3.05) is 13.2 Å². The Balaban J connectivity index is 1.85. The zero-order valence-electron chi connectivity index (χ0n) is 20.0. The van der Waals surface area contributed by atoms with Crippen LogP contribution < -0.4 is 4.72 Å². The van der Waals surface area contributed by atoms with Gasteiger partial charge in [0.1, 0.15) is 16.7 Å². The second-order valence-corrected chi connectivity index (χ2v) is 10.1. The van der Waals surface area contributed by atoms with Crippen LogP contribution in [0.4, 0.5) is 0 Å². The van der Waals surface area contributed by atoms with Crippen LogP contribution in [0.5, 0.6) is 0 Å². The normalized spacial score (nSPS) is 11.3. The van der Waals surface area contributed by atoms with Crippen LogP contribution in [0, 0.1) is 11.3 Å². The van der Waals surface area contributed by atoms with Crippen LogP contribution in [-0.2, 0) is 34.6 Å². The Bertz CT molecular complexity index is 1360. The fraction of sp³-hybridized carbons (Fsp3) is 0.308. The van der Waals surface area contributed by atoms with E-state index in [9.17, 15) is 18.5 Å². The lowest BCUT2D eigenvalue weighted by molar-refractivity contribution is 0.0516. The standard InChI is InChI=1S/C26H28ClN3O4S/c1-4-8-22-20(17-28)24(25(30(22)3)26(31)34-5-2)19-13-11-18(12-14-19)15-16-29-35(32,33)23-10-7-6-9-21(23)27/h6-7,9-14,29H,4-5,8,15-16H2,1-3H3. The Morgan fingerprint density at radius 1 is 1.11 bits per heavy atom. The first-order chi connectivity index (χ1) is 16.7. The molecule has 3 aromatic rings. The topological polar surface area (TPSA) is 101 Å². The number of halogens is 1. The Morgan fingerprint density at radius 3 is 2.40 bits per heavy atom. The molecule has 0 spiro atoms. The summed E-state index contributed by atoms with van der Waals surface area (Å²) in [7, 11) is -1.94. The first kappa shape index (κ1) is 26.5. The largest absolute Gasteiger partial charge is 0.461 e. The van der Waals surface area contributed by atoms with Gasteiger partial charge in [-0.1, -0.05) is 61.3 Å². The van der Waals surface area contributed by atoms with Crippen molar-refractivity contribution in [3.05, 3.63) is 76.1 Å². The first-order valence-corrected chi connectivity index (χ1v) is 13.2. The molecule has 3 rings (SSSR count). The van der Waals surface area contributed by atoms with Crippen molar-refractivity contribution in [3.8, 4) is 17.2 Å². The van der Waals surface area contributed by atoms with Gasteiger partial charge in [-0.2, -0.15) is 5.26 Å². The van der Waals surface area contributed by atoms with Gasteiger partial charge in [0.2, 0.25) is 10.0 Å². The highest BCUT2D eigenvalue weighted by molar-refractivity contribution is 7.89. The molecule has 9 heteroatoms. The molecule has 1 N–H and O–H groups in total. The second-order valence-electron chi connectivity index (χ2n) is 7.96. The average molecular weight is 514 g/mol. The van der Waals surface area contributed by atoms with E-state index in [1.807, 2.05) is 31.2 Å². The minimum absolute atomic E-state index is 0.0412. The Labute approximate surface area is 211 Å². The number of aromatic nitrogens is 1. The van der Waals surface area contributed by atoms with E-state index in [0.717, 1.165) is 23.2 Å². The van der Waals surface area contributed by atoms with Crippen molar-refractivity contribution < 1.29 is 17.9 Å². The van der Waals surface area contributed by atoms with E-state index in [1.165, 1.54) is 12.1 Å². The maximum Gasteiger partial charge on any atom is 0.355 e. The number of nitrogens with one attached hydrogen (secondary N) is 1. The number of carbonyl (C=O) groups excluding carboxylic acids is 1. The molecular formula is C26H28ClN3O4S. The summed E-state index contributed by atoms with van der Waals surface area (Å²) in [6, 6.07) is 16.0. The fourth-order valence-electron chi connectivity index (χ4n) is 4.01. The number of benzene rings is 2. The summed E-state index contributed by atoms with van der Waals surface area (Å²) in [5.41, 5.74) is 3.80. The molecule has 35 heavy (non-hydrogen) atoms. The van der Waals surface area contributed by atoms with E-state index in [-0.39, 0.29) is 23.1 Å². The number of nitrogens with zero attached hydrogens (tertiary/aromatic N) is 2. The summed E-state index contributed by atoms with van der Waals surface area (Å²) < 4.78 is 34.6. The van der Waals surface area contributed by atoms with Crippen LogP contribution in [0.25, 0.3) is 11.1 Å². The highest BCUT2D eigenvalue weighted by Crippen LogP contribution is 2.33. The van der Waals surface area contributed by atoms with Gasteiger partial charge in [-0.3, -0.25) is 0 Å². The number of hydrogen-bond donors (Lipinski definition) is 1. The van der Waals surface area contributed by atoms with Crippen molar-refractivity contribution in [3.63, 3.8) is 0 Å². The van der Waals surface area contributed by atoms with Crippen molar-refractivity contribution >= 4 is 27.6 Å². The van der Waals surface area contributed by atoms with Gasteiger partial charge in [-0.15, -0.1) is 0 Å². The summed E-state index contributed by atoms with van der Waals surface area (Å²) in [6.07, 6.45) is 1.95. The molecule has 2 aromatic carbocycles. The lowest BCUT2D eigenvalue weighted by Gasteiger charge is -2.10. The Kier molecular flexibility index (Phi) is 8.73. The monoisotopic (exact) mass is 513 g/mol. The molecule has 1 aromatic heterocycles. The zero-order valence-corrected chi connectivity index (χ0v) is 21.5.